The molecule has 1 fully saturated rings. The van der Waals surface area contributed by atoms with Gasteiger partial charge in [0.25, 0.3) is 0 Å². The normalized spacial score (nSPS) is 17.3. The second kappa shape index (κ2) is 24.1. The van der Waals surface area contributed by atoms with Gasteiger partial charge in [-0.05, 0) is 30.2 Å². The number of nitrogens with one attached hydrogen (secondary N) is 2. The molecule has 0 radical (unpaired) electrons. The Morgan fingerprint density at radius 3 is 2.14 bits per heavy atom. The van der Waals surface area contributed by atoms with E-state index in [4.69, 9.17) is 14.5 Å². The highest BCUT2D eigenvalue weighted by Crippen LogP contribution is 2.26. The lowest BCUT2D eigenvalue weighted by Crippen LogP contribution is -2.54. The van der Waals surface area contributed by atoms with Crippen LogP contribution in [0.5, 0.6) is 0 Å². The fraction of sp³-hybridized carbons (Fsp3) is 0.738. The molecule has 0 unspecified atom stereocenters. The highest BCUT2D eigenvalue weighted by Gasteiger charge is 2.39. The summed E-state index contributed by atoms with van der Waals surface area (Å²) in [7, 11) is 14.4. The van der Waals surface area contributed by atoms with Gasteiger partial charge >= 0.3 is 0 Å². The predicted octanol–water partition coefficient (Wildman–Crippen LogP) is 2.82. The Balaban J connectivity index is 2.09. The van der Waals surface area contributed by atoms with Gasteiger partial charge in [0.05, 0.1) is 31.1 Å². The minimum absolute atomic E-state index is 0.00459. The number of nitrogens with zero attached hydrogens (tertiary/aromatic N) is 6. The van der Waals surface area contributed by atoms with Crippen LogP contribution in [-0.4, -0.2) is 174 Å². The van der Waals surface area contributed by atoms with Crippen LogP contribution in [0.1, 0.15) is 65.9 Å². The Kier molecular flexibility index (Phi) is 20.8. The fourth-order valence-corrected chi connectivity index (χ4v) is 7.43. The zero-order valence-electron chi connectivity index (χ0n) is 36.7. The molecular weight excluding hydrogens is 713 g/mol. The van der Waals surface area contributed by atoms with Crippen molar-refractivity contribution in [1.82, 2.24) is 35.1 Å². The van der Waals surface area contributed by atoms with Gasteiger partial charge in [0.2, 0.25) is 23.6 Å². The number of benzene rings is 1. The number of aliphatic imine (C=N–C) groups is 1. The number of ether oxygens (including phenoxy) is 2. The summed E-state index contributed by atoms with van der Waals surface area (Å²) < 4.78 is 11.2. The minimum Gasteiger partial charge on any atom is -0.384 e. The highest BCUT2D eigenvalue weighted by atomic mass is 16.5. The van der Waals surface area contributed by atoms with Crippen LogP contribution in [0.15, 0.2) is 35.3 Å². The van der Waals surface area contributed by atoms with E-state index < -0.39 is 18.2 Å². The summed E-state index contributed by atoms with van der Waals surface area (Å²) in [6.45, 7) is 12.5. The number of methoxy groups -OCH3 is 2. The van der Waals surface area contributed by atoms with E-state index >= 15 is 0 Å². The molecule has 2 rings (SSSR count). The lowest BCUT2D eigenvalue weighted by Gasteiger charge is -2.40. The first-order chi connectivity index (χ1) is 26.5. The molecule has 2 N–H and O–H groups in total. The summed E-state index contributed by atoms with van der Waals surface area (Å²) in [5.74, 6) is -0.129. The molecule has 0 aromatic heterocycles. The zero-order valence-corrected chi connectivity index (χ0v) is 36.7. The van der Waals surface area contributed by atoms with Gasteiger partial charge in [0.15, 0.2) is 5.96 Å². The summed E-state index contributed by atoms with van der Waals surface area (Å²) in [5.41, 5.74) is 0.958. The molecule has 0 bridgehead atoms. The van der Waals surface area contributed by atoms with E-state index in [0.29, 0.717) is 38.6 Å². The molecule has 0 spiro atoms. The monoisotopic (exact) mass is 787 g/mol. The molecule has 318 valence electrons. The fourth-order valence-electron chi connectivity index (χ4n) is 7.43. The topological polar surface area (TPSA) is 139 Å². The van der Waals surface area contributed by atoms with Crippen LogP contribution in [0.2, 0.25) is 0 Å². The second-order valence-corrected chi connectivity index (χ2v) is 16.2. The van der Waals surface area contributed by atoms with Gasteiger partial charge in [0.1, 0.15) is 12.1 Å². The van der Waals surface area contributed by atoms with Crippen LogP contribution < -0.4 is 10.6 Å². The van der Waals surface area contributed by atoms with Gasteiger partial charge in [-0.3, -0.25) is 19.2 Å². The SMILES string of the molecule is CC[C@H](C)[C@@H]([C@@H](CC(=O)N1CCC[C@H]1CNCCN(C)C(=O)[C@H](Cc1ccccc1)NC(=O)[C@H](C)COC)OC)N(C)C(=O)[C@@H](N=C(N(C)C)N(C)C)C(C)C. The Morgan fingerprint density at radius 2 is 1.59 bits per heavy atom. The Bertz CT molecular complexity index is 1380. The van der Waals surface area contributed by atoms with E-state index in [-0.39, 0.29) is 66.5 Å². The molecular formula is C42H74N8O6. The van der Waals surface area contributed by atoms with Crippen molar-refractivity contribution in [3.63, 3.8) is 0 Å². The maximum Gasteiger partial charge on any atom is 0.247 e. The van der Waals surface area contributed by atoms with E-state index in [1.807, 2.05) is 94.1 Å². The molecule has 1 aromatic rings. The third-order valence-electron chi connectivity index (χ3n) is 10.9. The van der Waals surface area contributed by atoms with Gasteiger partial charge in [0, 0.05) is 95.1 Å². The maximum atomic E-state index is 14.2. The van der Waals surface area contributed by atoms with Gasteiger partial charge < -0.3 is 44.6 Å². The van der Waals surface area contributed by atoms with Crippen LogP contribution in [0, 0.1) is 17.8 Å². The molecule has 1 aromatic carbocycles. The Hall–Kier alpha value is -3.75. The lowest BCUT2D eigenvalue weighted by atomic mass is 9.89. The Morgan fingerprint density at radius 1 is 0.946 bits per heavy atom. The van der Waals surface area contributed by atoms with E-state index in [0.717, 1.165) is 24.8 Å². The van der Waals surface area contributed by atoms with Crippen LogP contribution in [-0.2, 0) is 35.1 Å². The van der Waals surface area contributed by atoms with Crippen LogP contribution in [0.3, 0.4) is 0 Å². The summed E-state index contributed by atoms with van der Waals surface area (Å²) in [6.07, 6.45) is 2.62. The van der Waals surface area contributed by atoms with E-state index in [1.165, 1.54) is 0 Å². The molecule has 1 aliphatic rings. The average molecular weight is 787 g/mol. The van der Waals surface area contributed by atoms with Crippen molar-refractivity contribution in [2.75, 3.05) is 89.3 Å². The van der Waals surface area contributed by atoms with Gasteiger partial charge in [-0.1, -0.05) is 71.4 Å². The first kappa shape index (κ1) is 48.4. The predicted molar refractivity (Wildman–Crippen MR) is 223 cm³/mol. The number of carbonyl (C=O) groups excluding carboxylic acids is 4. The summed E-state index contributed by atoms with van der Waals surface area (Å²) in [5, 5.41) is 6.42. The molecule has 1 aliphatic heterocycles. The molecule has 1 heterocycles. The summed E-state index contributed by atoms with van der Waals surface area (Å²) >= 11 is 0. The van der Waals surface area contributed by atoms with Crippen LogP contribution in [0.25, 0.3) is 0 Å². The summed E-state index contributed by atoms with van der Waals surface area (Å²) in [4.78, 5) is 68.7. The first-order valence-corrected chi connectivity index (χ1v) is 20.3. The molecule has 14 heteroatoms. The molecule has 4 amide bonds. The van der Waals surface area contributed by atoms with Crippen LogP contribution >= 0.6 is 0 Å². The lowest BCUT2D eigenvalue weighted by molar-refractivity contribution is -0.144. The first-order valence-electron chi connectivity index (χ1n) is 20.3. The van der Waals surface area contributed by atoms with E-state index in [1.54, 1.807) is 38.0 Å². The van der Waals surface area contributed by atoms with Gasteiger partial charge in [-0.2, -0.15) is 0 Å². The molecule has 0 aliphatic carbocycles. The molecule has 0 saturated carbocycles. The van der Waals surface area contributed by atoms with Crippen molar-refractivity contribution >= 4 is 29.6 Å². The quantitative estimate of drug-likeness (QED) is 0.103. The number of hydrogen-bond donors (Lipinski definition) is 2. The van der Waals surface area contributed by atoms with Crippen molar-refractivity contribution in [2.45, 2.75) is 97.0 Å². The van der Waals surface area contributed by atoms with E-state index in [2.05, 4.69) is 24.5 Å². The van der Waals surface area contributed by atoms with Gasteiger partial charge in [-0.15, -0.1) is 0 Å². The van der Waals surface area contributed by atoms with Crippen molar-refractivity contribution in [2.24, 2.45) is 22.7 Å². The number of amides is 4. The minimum atomic E-state index is -0.711. The third-order valence-corrected chi connectivity index (χ3v) is 10.9. The maximum absolute atomic E-state index is 14.2. The second-order valence-electron chi connectivity index (χ2n) is 16.2. The molecule has 7 atom stereocenters. The number of guanidine groups is 1. The van der Waals surface area contributed by atoms with Crippen molar-refractivity contribution in [3.8, 4) is 0 Å². The number of likely N-dealkylation sites (tertiary alicyclic amines) is 1. The zero-order chi connectivity index (χ0) is 42.1. The van der Waals surface area contributed by atoms with Crippen molar-refractivity contribution in [3.05, 3.63) is 35.9 Å². The third kappa shape index (κ3) is 14.3. The number of likely N-dealkylation sites (N-methyl/N-ethyl adjacent to an activating group) is 2. The standard InChI is InChI=1S/C42H74N8O6/c1-14-30(4)38(49(11)41(54)37(29(2)3)45-42(46(6)7)47(8)9)35(56-13)26-36(51)50-23-18-21-33(50)27-43-22-24-48(10)40(53)34(25-32-19-16-15-17-20-32)44-39(52)31(5)28-55-12/h15-17,19-20,29-31,33-35,37-38,43H,14,18,21-28H2,1-13H3,(H,44,52)/t30-,31+,33-,34-,35+,37-,38-/m0/s1. The molecule has 14 nitrogen and oxygen atoms in total. The van der Waals surface area contributed by atoms with Crippen LogP contribution in [0.4, 0.5) is 0 Å². The molecule has 56 heavy (non-hydrogen) atoms. The van der Waals surface area contributed by atoms with Crippen molar-refractivity contribution in [1.29, 1.82) is 0 Å². The smallest absolute Gasteiger partial charge is 0.247 e. The number of carbonyl (C=O) groups is 4. The number of rotatable bonds is 22. The van der Waals surface area contributed by atoms with Gasteiger partial charge in [-0.25, -0.2) is 4.99 Å². The Labute approximate surface area is 337 Å². The highest BCUT2D eigenvalue weighted by molar-refractivity contribution is 5.89. The average Bonchev–Trinajstić information content (AvgIpc) is 3.64. The van der Waals surface area contributed by atoms with E-state index in [9.17, 15) is 19.2 Å². The summed E-state index contributed by atoms with van der Waals surface area (Å²) in [6, 6.07) is 8.03. The number of hydrogen-bond acceptors (Lipinski definition) is 8. The molecule has 1 saturated heterocycles. The largest absolute Gasteiger partial charge is 0.384 e. The van der Waals surface area contributed by atoms with Crippen molar-refractivity contribution < 1.29 is 28.7 Å².